The van der Waals surface area contributed by atoms with Crippen LogP contribution in [0.4, 0.5) is 5.69 Å². The zero-order valence-electron chi connectivity index (χ0n) is 20.1. The molecule has 1 N–H and O–H groups in total. The molecule has 3 aromatic carbocycles. The van der Waals surface area contributed by atoms with E-state index < -0.39 is 12.1 Å². The van der Waals surface area contributed by atoms with Crippen molar-refractivity contribution in [3.8, 4) is 11.5 Å². The Morgan fingerprint density at radius 3 is 2.21 bits per heavy atom. The number of carbonyl (C=O) groups is 2. The number of amides is 1. The highest BCUT2D eigenvalue weighted by Gasteiger charge is 2.23. The van der Waals surface area contributed by atoms with Gasteiger partial charge in [-0.3, -0.25) is 4.79 Å². The number of anilines is 1. The number of esters is 1. The molecule has 1 unspecified atom stereocenters. The van der Waals surface area contributed by atoms with Crippen molar-refractivity contribution >= 4 is 17.6 Å². The first-order valence-corrected chi connectivity index (χ1v) is 11.0. The molecule has 5 nitrogen and oxygen atoms in total. The molecular weight excluding hydrogens is 414 g/mol. The van der Waals surface area contributed by atoms with Gasteiger partial charge in [-0.25, -0.2) is 4.79 Å². The summed E-state index contributed by atoms with van der Waals surface area (Å²) < 4.78 is 11.4. The fourth-order valence-corrected chi connectivity index (χ4v) is 3.45. The van der Waals surface area contributed by atoms with Crippen molar-refractivity contribution in [2.75, 3.05) is 5.32 Å². The third-order valence-electron chi connectivity index (χ3n) is 5.30. The van der Waals surface area contributed by atoms with E-state index in [0.29, 0.717) is 17.1 Å². The number of hydrogen-bond acceptors (Lipinski definition) is 4. The summed E-state index contributed by atoms with van der Waals surface area (Å²) in [4.78, 5) is 25.1. The van der Waals surface area contributed by atoms with E-state index in [2.05, 4.69) is 26.1 Å². The van der Waals surface area contributed by atoms with Gasteiger partial charge in [0.25, 0.3) is 5.91 Å². The van der Waals surface area contributed by atoms with E-state index in [1.165, 1.54) is 0 Å². The molecule has 172 valence electrons. The molecule has 33 heavy (non-hydrogen) atoms. The Bertz CT molecular complexity index is 1140. The van der Waals surface area contributed by atoms with Gasteiger partial charge in [0.05, 0.1) is 0 Å². The minimum Gasteiger partial charge on any atom is -0.479 e. The topological polar surface area (TPSA) is 64.6 Å². The van der Waals surface area contributed by atoms with E-state index in [9.17, 15) is 9.59 Å². The van der Waals surface area contributed by atoms with Gasteiger partial charge < -0.3 is 14.8 Å². The van der Waals surface area contributed by atoms with Crippen molar-refractivity contribution in [1.29, 1.82) is 0 Å². The summed E-state index contributed by atoms with van der Waals surface area (Å²) in [5.41, 5.74) is 4.27. The summed E-state index contributed by atoms with van der Waals surface area (Å²) in [6, 6.07) is 20.0. The summed E-state index contributed by atoms with van der Waals surface area (Å²) in [5.74, 6) is 0.275. The molecule has 3 aromatic rings. The zero-order chi connectivity index (χ0) is 24.2. The Morgan fingerprint density at radius 2 is 1.58 bits per heavy atom. The number of ether oxygens (including phenoxy) is 2. The van der Waals surface area contributed by atoms with Crippen molar-refractivity contribution in [2.24, 2.45) is 0 Å². The van der Waals surface area contributed by atoms with Crippen LogP contribution in [0.25, 0.3) is 0 Å². The molecule has 0 aliphatic heterocycles. The smallest absolute Gasteiger partial charge is 0.352 e. The number of para-hydroxylation sites is 1. The van der Waals surface area contributed by atoms with Crippen molar-refractivity contribution in [2.45, 2.75) is 53.1 Å². The third kappa shape index (κ3) is 6.22. The SMILES string of the molecule is Cc1ccc(NC(=O)c2ccc(OC(=O)C(C)Oc3ccccc3C(C)(C)C)cc2)c(C)c1. The van der Waals surface area contributed by atoms with Crippen molar-refractivity contribution in [3.63, 3.8) is 0 Å². The fraction of sp³-hybridized carbons (Fsp3) is 0.286. The number of nitrogens with one attached hydrogen (secondary N) is 1. The zero-order valence-corrected chi connectivity index (χ0v) is 20.1. The molecular formula is C28H31NO4. The second-order valence-corrected chi connectivity index (χ2v) is 9.22. The Morgan fingerprint density at radius 1 is 0.909 bits per heavy atom. The standard InChI is InChI=1S/C28H31NO4/c1-18-11-16-24(19(2)17-18)29-26(30)21-12-14-22(15-13-21)33-27(31)20(3)32-25-10-8-7-9-23(25)28(4,5)6/h7-17,20H,1-6H3,(H,29,30). The molecule has 0 aliphatic carbocycles. The van der Waals surface area contributed by atoms with Crippen LogP contribution in [0, 0.1) is 13.8 Å². The highest BCUT2D eigenvalue weighted by atomic mass is 16.6. The van der Waals surface area contributed by atoms with Gasteiger partial charge in [0.15, 0.2) is 6.10 Å². The van der Waals surface area contributed by atoms with Crippen molar-refractivity contribution in [1.82, 2.24) is 0 Å². The summed E-state index contributed by atoms with van der Waals surface area (Å²) in [7, 11) is 0. The fourth-order valence-electron chi connectivity index (χ4n) is 3.45. The van der Waals surface area contributed by atoms with Crippen LogP contribution in [0.15, 0.2) is 66.7 Å². The van der Waals surface area contributed by atoms with Crippen LogP contribution >= 0.6 is 0 Å². The van der Waals surface area contributed by atoms with Crippen LogP contribution < -0.4 is 14.8 Å². The summed E-state index contributed by atoms with van der Waals surface area (Å²) in [6.45, 7) is 11.9. The van der Waals surface area contributed by atoms with Crippen molar-refractivity contribution in [3.05, 3.63) is 89.0 Å². The van der Waals surface area contributed by atoms with Gasteiger partial charge in [-0.05, 0) is 73.7 Å². The molecule has 1 atom stereocenters. The van der Waals surface area contributed by atoms with Crippen LogP contribution in [-0.4, -0.2) is 18.0 Å². The molecule has 0 saturated heterocycles. The molecule has 0 saturated carbocycles. The van der Waals surface area contributed by atoms with E-state index in [4.69, 9.17) is 9.47 Å². The van der Waals surface area contributed by atoms with Crippen LogP contribution in [0.2, 0.25) is 0 Å². The normalized spacial score (nSPS) is 12.1. The Hall–Kier alpha value is -3.60. The highest BCUT2D eigenvalue weighted by Crippen LogP contribution is 2.31. The van der Waals surface area contributed by atoms with E-state index in [-0.39, 0.29) is 11.3 Å². The number of benzene rings is 3. The minimum atomic E-state index is -0.791. The minimum absolute atomic E-state index is 0.117. The first-order valence-electron chi connectivity index (χ1n) is 11.0. The maximum Gasteiger partial charge on any atom is 0.352 e. The molecule has 0 aromatic heterocycles. The number of rotatable bonds is 6. The second-order valence-electron chi connectivity index (χ2n) is 9.22. The van der Waals surface area contributed by atoms with Gasteiger partial charge >= 0.3 is 5.97 Å². The molecule has 0 aliphatic rings. The maximum atomic E-state index is 12.6. The lowest BCUT2D eigenvalue weighted by molar-refractivity contribution is -0.141. The first-order chi connectivity index (χ1) is 15.5. The highest BCUT2D eigenvalue weighted by molar-refractivity contribution is 6.04. The van der Waals surface area contributed by atoms with E-state index in [0.717, 1.165) is 22.4 Å². The monoisotopic (exact) mass is 445 g/mol. The lowest BCUT2D eigenvalue weighted by Crippen LogP contribution is -2.29. The van der Waals surface area contributed by atoms with E-state index in [1.807, 2.05) is 56.3 Å². The molecule has 0 spiro atoms. The van der Waals surface area contributed by atoms with Gasteiger partial charge in [-0.1, -0.05) is 56.7 Å². The summed E-state index contributed by atoms with van der Waals surface area (Å²) in [5, 5.41) is 2.91. The Kier molecular flexibility index (Phi) is 7.22. The second kappa shape index (κ2) is 9.90. The average molecular weight is 446 g/mol. The molecule has 0 radical (unpaired) electrons. The van der Waals surface area contributed by atoms with Gasteiger partial charge in [0, 0.05) is 11.3 Å². The molecule has 5 heteroatoms. The number of hydrogen-bond donors (Lipinski definition) is 1. The predicted molar refractivity (Wildman–Crippen MR) is 131 cm³/mol. The van der Waals surface area contributed by atoms with E-state index in [1.54, 1.807) is 31.2 Å². The van der Waals surface area contributed by atoms with Gasteiger partial charge in [0.1, 0.15) is 11.5 Å². The van der Waals surface area contributed by atoms with Crippen LogP contribution in [0.1, 0.15) is 54.7 Å². The van der Waals surface area contributed by atoms with E-state index >= 15 is 0 Å². The quantitative estimate of drug-likeness (QED) is 0.361. The largest absolute Gasteiger partial charge is 0.479 e. The van der Waals surface area contributed by atoms with Crippen LogP contribution in [0.5, 0.6) is 11.5 Å². The predicted octanol–water partition coefficient (Wildman–Crippen LogP) is 6.23. The molecule has 3 rings (SSSR count). The van der Waals surface area contributed by atoms with Crippen molar-refractivity contribution < 1.29 is 19.1 Å². The van der Waals surface area contributed by atoms with Gasteiger partial charge in [-0.2, -0.15) is 0 Å². The van der Waals surface area contributed by atoms with Crippen LogP contribution in [0.3, 0.4) is 0 Å². The van der Waals surface area contributed by atoms with Crippen LogP contribution in [-0.2, 0) is 10.2 Å². The van der Waals surface area contributed by atoms with Gasteiger partial charge in [0.2, 0.25) is 0 Å². The Labute approximate surface area is 195 Å². The molecule has 0 bridgehead atoms. The Balaban J connectivity index is 1.62. The summed E-state index contributed by atoms with van der Waals surface area (Å²) in [6.07, 6.45) is -0.791. The number of carbonyl (C=O) groups excluding carboxylic acids is 2. The van der Waals surface area contributed by atoms with Gasteiger partial charge in [-0.15, -0.1) is 0 Å². The third-order valence-corrected chi connectivity index (χ3v) is 5.30. The molecule has 1 amide bonds. The first kappa shape index (κ1) is 24.1. The summed E-state index contributed by atoms with van der Waals surface area (Å²) >= 11 is 0. The molecule has 0 fully saturated rings. The lowest BCUT2D eigenvalue weighted by Gasteiger charge is -2.24. The lowest BCUT2D eigenvalue weighted by atomic mass is 9.86. The molecule has 0 heterocycles. The number of aryl methyl sites for hydroxylation is 2. The maximum absolute atomic E-state index is 12.6. The average Bonchev–Trinajstić information content (AvgIpc) is 2.75.